The number of esters is 1. The van der Waals surface area contributed by atoms with Gasteiger partial charge in [0.2, 0.25) is 0 Å². The van der Waals surface area contributed by atoms with E-state index in [2.05, 4.69) is 72.4 Å². The summed E-state index contributed by atoms with van der Waals surface area (Å²) in [4.78, 5) is 21.8. The van der Waals surface area contributed by atoms with Crippen molar-refractivity contribution < 1.29 is 14.3 Å². The number of nitrogens with zero attached hydrogens (tertiary/aromatic N) is 2. The minimum atomic E-state index is -0.296. The molecule has 0 amide bonds. The smallest absolute Gasteiger partial charge is 0.338 e. The van der Waals surface area contributed by atoms with Gasteiger partial charge in [0.1, 0.15) is 5.75 Å². The Morgan fingerprint density at radius 3 is 1.43 bits per heavy atom. The lowest BCUT2D eigenvalue weighted by molar-refractivity contribution is 0.0497. The van der Waals surface area contributed by atoms with Gasteiger partial charge < -0.3 is 9.47 Å². The molecular formula is C48H62N2O3. The monoisotopic (exact) mass is 714 g/mol. The minimum Gasteiger partial charge on any atom is -0.494 e. The molecule has 0 aliphatic heterocycles. The van der Waals surface area contributed by atoms with Gasteiger partial charge in [0, 0.05) is 12.4 Å². The first kappa shape index (κ1) is 41.2. The standard InChI is InChI=1S/C48H62N2O3/c1-3-5-7-9-11-14-18-40-22-30-45(31-23-40)49-38-42-20-28-44(29-21-42)48(51)53-37-17-13-16-36-52-47-34-26-43(27-35-47)39-50-46-32-24-41(25-33-46)19-15-12-10-8-6-4-2/h20-35,38-39H,3-19,36-37H2,1-2H3. The van der Waals surface area contributed by atoms with Crippen LogP contribution in [0.25, 0.3) is 0 Å². The lowest BCUT2D eigenvalue weighted by atomic mass is 10.0. The largest absolute Gasteiger partial charge is 0.494 e. The maximum absolute atomic E-state index is 12.5. The zero-order chi connectivity index (χ0) is 37.2. The number of hydrogen-bond donors (Lipinski definition) is 0. The molecule has 0 saturated heterocycles. The molecule has 0 atom stereocenters. The van der Waals surface area contributed by atoms with Crippen LogP contribution in [0.3, 0.4) is 0 Å². The number of ether oxygens (including phenoxy) is 2. The minimum absolute atomic E-state index is 0.296. The molecule has 4 aromatic carbocycles. The Kier molecular flexibility index (Phi) is 19.8. The summed E-state index contributed by atoms with van der Waals surface area (Å²) in [6.45, 7) is 5.54. The highest BCUT2D eigenvalue weighted by molar-refractivity contribution is 5.91. The van der Waals surface area contributed by atoms with E-state index in [0.717, 1.165) is 60.4 Å². The van der Waals surface area contributed by atoms with Crippen LogP contribution in [0.2, 0.25) is 0 Å². The van der Waals surface area contributed by atoms with Crippen LogP contribution >= 0.6 is 0 Å². The van der Waals surface area contributed by atoms with Crippen LogP contribution in [0.15, 0.2) is 107 Å². The van der Waals surface area contributed by atoms with Crippen molar-refractivity contribution in [2.24, 2.45) is 9.98 Å². The van der Waals surface area contributed by atoms with E-state index in [9.17, 15) is 4.79 Å². The highest BCUT2D eigenvalue weighted by Gasteiger charge is 2.07. The fraction of sp³-hybridized carbons (Fsp3) is 0.438. The van der Waals surface area contributed by atoms with E-state index < -0.39 is 0 Å². The third kappa shape index (κ3) is 17.2. The van der Waals surface area contributed by atoms with Gasteiger partial charge in [-0.1, -0.05) is 114 Å². The summed E-state index contributed by atoms with van der Waals surface area (Å²) >= 11 is 0. The second-order valence-electron chi connectivity index (χ2n) is 14.1. The van der Waals surface area contributed by atoms with Gasteiger partial charge in [0.25, 0.3) is 0 Å². The molecule has 0 spiro atoms. The van der Waals surface area contributed by atoms with Crippen LogP contribution in [0.5, 0.6) is 5.75 Å². The number of unbranched alkanes of at least 4 members (excludes halogenated alkanes) is 12. The van der Waals surface area contributed by atoms with Gasteiger partial charge in [-0.05, 0) is 128 Å². The molecule has 0 N–H and O–H groups in total. The van der Waals surface area contributed by atoms with Crippen LogP contribution in [0.1, 0.15) is 143 Å². The molecular weight excluding hydrogens is 653 g/mol. The van der Waals surface area contributed by atoms with Crippen LogP contribution in [0.4, 0.5) is 11.4 Å². The topological polar surface area (TPSA) is 60.2 Å². The van der Waals surface area contributed by atoms with Crippen molar-refractivity contribution >= 4 is 29.8 Å². The van der Waals surface area contributed by atoms with Crippen molar-refractivity contribution in [2.45, 2.75) is 123 Å². The molecule has 4 aromatic rings. The van der Waals surface area contributed by atoms with Gasteiger partial charge in [-0.3, -0.25) is 9.98 Å². The van der Waals surface area contributed by atoms with Crippen molar-refractivity contribution in [3.05, 3.63) is 125 Å². The van der Waals surface area contributed by atoms with E-state index in [4.69, 9.17) is 9.47 Å². The Labute approximate surface area is 320 Å². The molecule has 0 saturated carbocycles. The predicted molar refractivity (Wildman–Crippen MR) is 224 cm³/mol. The molecule has 5 heteroatoms. The number of benzene rings is 4. The number of hydrogen-bond acceptors (Lipinski definition) is 5. The normalized spacial score (nSPS) is 11.4. The number of carbonyl (C=O) groups excluding carboxylic acids is 1. The van der Waals surface area contributed by atoms with Crippen molar-refractivity contribution in [2.75, 3.05) is 13.2 Å². The number of rotatable bonds is 26. The van der Waals surface area contributed by atoms with Crippen molar-refractivity contribution in [3.63, 3.8) is 0 Å². The van der Waals surface area contributed by atoms with E-state index >= 15 is 0 Å². The Hall–Kier alpha value is -4.51. The summed E-state index contributed by atoms with van der Waals surface area (Å²) in [6.07, 6.45) is 24.5. The summed E-state index contributed by atoms with van der Waals surface area (Å²) in [5.41, 5.74) is 7.19. The van der Waals surface area contributed by atoms with Crippen molar-refractivity contribution in [1.29, 1.82) is 0 Å². The fourth-order valence-corrected chi connectivity index (χ4v) is 6.19. The average molecular weight is 715 g/mol. The molecule has 53 heavy (non-hydrogen) atoms. The van der Waals surface area contributed by atoms with Crippen LogP contribution in [0, 0.1) is 0 Å². The highest BCUT2D eigenvalue weighted by atomic mass is 16.5. The third-order valence-corrected chi connectivity index (χ3v) is 9.55. The number of carbonyl (C=O) groups is 1. The molecule has 0 heterocycles. The van der Waals surface area contributed by atoms with E-state index in [1.165, 1.54) is 88.2 Å². The van der Waals surface area contributed by atoms with Gasteiger partial charge in [0.05, 0.1) is 30.2 Å². The first-order valence-corrected chi connectivity index (χ1v) is 20.4. The van der Waals surface area contributed by atoms with Crippen molar-refractivity contribution in [3.8, 4) is 5.75 Å². The van der Waals surface area contributed by atoms with E-state index in [1.807, 2.05) is 48.8 Å². The second-order valence-corrected chi connectivity index (χ2v) is 14.1. The van der Waals surface area contributed by atoms with Gasteiger partial charge in [-0.2, -0.15) is 0 Å². The van der Waals surface area contributed by atoms with Crippen LogP contribution in [-0.4, -0.2) is 31.6 Å². The summed E-state index contributed by atoms with van der Waals surface area (Å²) in [7, 11) is 0. The molecule has 282 valence electrons. The van der Waals surface area contributed by atoms with E-state index in [0.29, 0.717) is 18.8 Å². The lowest BCUT2D eigenvalue weighted by Crippen LogP contribution is -2.07. The molecule has 0 aliphatic carbocycles. The lowest BCUT2D eigenvalue weighted by Gasteiger charge is -2.07. The maximum atomic E-state index is 12.5. The second kappa shape index (κ2) is 25.5. The zero-order valence-electron chi connectivity index (χ0n) is 32.4. The molecule has 0 aliphatic rings. The zero-order valence-corrected chi connectivity index (χ0v) is 32.4. The van der Waals surface area contributed by atoms with Gasteiger partial charge in [-0.25, -0.2) is 4.79 Å². The van der Waals surface area contributed by atoms with Crippen LogP contribution < -0.4 is 4.74 Å². The Bertz CT molecular complexity index is 1610. The SMILES string of the molecule is CCCCCCCCc1ccc(N=Cc2ccc(OCCCCCOC(=O)c3ccc(C=Nc4ccc(CCCCCCCC)cc4)cc3)cc2)cc1. The first-order valence-electron chi connectivity index (χ1n) is 20.4. The van der Waals surface area contributed by atoms with E-state index in [-0.39, 0.29) is 5.97 Å². The predicted octanol–water partition coefficient (Wildman–Crippen LogP) is 13.4. The quantitative estimate of drug-likeness (QED) is 0.0369. The van der Waals surface area contributed by atoms with E-state index in [1.54, 1.807) is 12.1 Å². The Balaban J connectivity index is 1.04. The summed E-state index contributed by atoms with van der Waals surface area (Å²) in [5.74, 6) is 0.549. The average Bonchev–Trinajstić information content (AvgIpc) is 3.20. The molecule has 4 rings (SSSR count). The van der Waals surface area contributed by atoms with Gasteiger partial charge in [-0.15, -0.1) is 0 Å². The van der Waals surface area contributed by atoms with Gasteiger partial charge >= 0.3 is 5.97 Å². The summed E-state index contributed by atoms with van der Waals surface area (Å²) in [5, 5.41) is 0. The van der Waals surface area contributed by atoms with Crippen molar-refractivity contribution in [1.82, 2.24) is 0 Å². The number of aliphatic imine (C=N–C) groups is 2. The first-order chi connectivity index (χ1) is 26.1. The molecule has 0 aromatic heterocycles. The highest BCUT2D eigenvalue weighted by Crippen LogP contribution is 2.19. The Morgan fingerprint density at radius 2 is 0.925 bits per heavy atom. The molecule has 0 fully saturated rings. The number of aryl methyl sites for hydroxylation is 2. The molecule has 0 radical (unpaired) electrons. The third-order valence-electron chi connectivity index (χ3n) is 9.55. The molecule has 5 nitrogen and oxygen atoms in total. The summed E-state index contributed by atoms with van der Waals surface area (Å²) < 4.78 is 11.4. The Morgan fingerprint density at radius 1 is 0.491 bits per heavy atom. The summed E-state index contributed by atoms with van der Waals surface area (Å²) in [6, 6.07) is 32.5. The molecule has 0 unspecified atom stereocenters. The maximum Gasteiger partial charge on any atom is 0.338 e. The molecule has 0 bridgehead atoms. The van der Waals surface area contributed by atoms with Crippen LogP contribution in [-0.2, 0) is 17.6 Å². The van der Waals surface area contributed by atoms with Gasteiger partial charge in [0.15, 0.2) is 0 Å². The fourth-order valence-electron chi connectivity index (χ4n) is 6.19.